The van der Waals surface area contributed by atoms with Crippen molar-refractivity contribution >= 4 is 22.6 Å². The van der Waals surface area contributed by atoms with Gasteiger partial charge in [0.2, 0.25) is 0 Å². The Bertz CT molecular complexity index is 555. The summed E-state index contributed by atoms with van der Waals surface area (Å²) in [6, 6.07) is 0. The Morgan fingerprint density at radius 1 is 1.33 bits per heavy atom. The lowest BCUT2D eigenvalue weighted by atomic mass is 9.92. The number of alkyl halides is 4. The lowest BCUT2D eigenvalue weighted by molar-refractivity contribution is -0.168. The number of nitrogens with one attached hydrogen (secondary N) is 1. The van der Waals surface area contributed by atoms with Crippen LogP contribution in [0.1, 0.15) is 32.3 Å². The molecule has 0 amide bonds. The molecule has 0 aliphatic rings. The second-order valence-corrected chi connectivity index (χ2v) is 6.56. The molecule has 0 spiro atoms. The van der Waals surface area contributed by atoms with E-state index in [0.29, 0.717) is 9.26 Å². The number of ether oxygens (including phenoxy) is 1. The Hall–Kier alpha value is -0.710. The van der Waals surface area contributed by atoms with Crippen molar-refractivity contribution in [2.75, 3.05) is 6.61 Å². The zero-order valence-corrected chi connectivity index (χ0v) is 13.8. The summed E-state index contributed by atoms with van der Waals surface area (Å²) in [7, 11) is 0. The lowest BCUT2D eigenvalue weighted by Crippen LogP contribution is -2.32. The van der Waals surface area contributed by atoms with Crippen molar-refractivity contribution in [3.63, 3.8) is 0 Å². The number of aromatic nitrogens is 2. The van der Waals surface area contributed by atoms with Crippen LogP contribution in [-0.4, -0.2) is 28.9 Å². The smallest absolute Gasteiger partial charge is 0.330 e. The van der Waals surface area contributed by atoms with E-state index in [4.69, 9.17) is 0 Å². The number of hydrogen-bond acceptors (Lipinski definition) is 3. The Kier molecular flexibility index (Phi) is 5.76. The SMILES string of the molecule is CC(C)(C)c1nc(COCC(F)(F)C(F)F)[nH]c(=O)c1I. The second kappa shape index (κ2) is 6.59. The van der Waals surface area contributed by atoms with Crippen LogP contribution in [0.25, 0.3) is 0 Å². The van der Waals surface area contributed by atoms with E-state index >= 15 is 0 Å². The van der Waals surface area contributed by atoms with Gasteiger partial charge in [0.15, 0.2) is 0 Å². The van der Waals surface area contributed by atoms with E-state index in [1.54, 1.807) is 0 Å². The third kappa shape index (κ3) is 4.90. The van der Waals surface area contributed by atoms with Gasteiger partial charge < -0.3 is 9.72 Å². The molecule has 0 aliphatic heterocycles. The first-order valence-corrected chi connectivity index (χ1v) is 7.06. The van der Waals surface area contributed by atoms with Gasteiger partial charge in [-0.1, -0.05) is 20.8 Å². The summed E-state index contributed by atoms with van der Waals surface area (Å²) in [5, 5.41) is 0. The van der Waals surface area contributed by atoms with E-state index in [2.05, 4.69) is 14.7 Å². The molecular formula is C12H15F4IN2O2. The van der Waals surface area contributed by atoms with Crippen molar-refractivity contribution in [2.45, 2.75) is 45.1 Å². The summed E-state index contributed by atoms with van der Waals surface area (Å²) in [5.41, 5.74) is -0.354. The fraction of sp³-hybridized carbons (Fsp3) is 0.667. The summed E-state index contributed by atoms with van der Waals surface area (Å²) in [4.78, 5) is 18.3. The average molecular weight is 422 g/mol. The maximum absolute atomic E-state index is 12.7. The molecule has 4 nitrogen and oxygen atoms in total. The highest BCUT2D eigenvalue weighted by molar-refractivity contribution is 14.1. The monoisotopic (exact) mass is 422 g/mol. The third-order valence-electron chi connectivity index (χ3n) is 2.47. The van der Waals surface area contributed by atoms with Crippen LogP contribution in [0, 0.1) is 3.57 Å². The molecule has 0 unspecified atom stereocenters. The minimum atomic E-state index is -4.23. The van der Waals surface area contributed by atoms with E-state index in [1.165, 1.54) is 0 Å². The zero-order chi connectivity index (χ0) is 16.4. The summed E-state index contributed by atoms with van der Waals surface area (Å²) < 4.78 is 54.3. The molecular weight excluding hydrogens is 407 g/mol. The molecule has 1 aromatic rings. The Morgan fingerprint density at radius 2 is 1.90 bits per heavy atom. The topological polar surface area (TPSA) is 55.0 Å². The first-order chi connectivity index (χ1) is 9.45. The molecule has 0 radical (unpaired) electrons. The molecule has 0 saturated carbocycles. The predicted octanol–water partition coefficient (Wildman–Crippen LogP) is 3.09. The van der Waals surface area contributed by atoms with Crippen LogP contribution < -0.4 is 5.56 Å². The summed E-state index contributed by atoms with van der Waals surface area (Å²) >= 11 is 1.84. The van der Waals surface area contributed by atoms with Crippen LogP contribution in [0.3, 0.4) is 0 Å². The van der Waals surface area contributed by atoms with Crippen LogP contribution in [0.15, 0.2) is 4.79 Å². The molecule has 1 heterocycles. The van der Waals surface area contributed by atoms with E-state index in [-0.39, 0.29) is 5.82 Å². The van der Waals surface area contributed by atoms with E-state index < -0.39 is 36.5 Å². The van der Waals surface area contributed by atoms with Crippen LogP contribution in [0.2, 0.25) is 0 Å². The summed E-state index contributed by atoms with van der Waals surface area (Å²) in [5.74, 6) is -4.20. The largest absolute Gasteiger partial charge is 0.367 e. The van der Waals surface area contributed by atoms with Gasteiger partial charge in [-0.15, -0.1) is 0 Å². The molecule has 0 aliphatic carbocycles. The molecule has 0 saturated heterocycles. The highest BCUT2D eigenvalue weighted by atomic mass is 127. The van der Waals surface area contributed by atoms with Gasteiger partial charge in [0.25, 0.3) is 5.56 Å². The minimum Gasteiger partial charge on any atom is -0.367 e. The van der Waals surface area contributed by atoms with Crippen molar-refractivity contribution in [1.82, 2.24) is 9.97 Å². The number of H-pyrrole nitrogens is 1. The van der Waals surface area contributed by atoms with Crippen LogP contribution in [-0.2, 0) is 16.8 Å². The molecule has 1 N–H and O–H groups in total. The molecule has 120 valence electrons. The van der Waals surface area contributed by atoms with Crippen molar-refractivity contribution in [3.8, 4) is 0 Å². The van der Waals surface area contributed by atoms with Gasteiger partial charge in [0, 0.05) is 5.41 Å². The van der Waals surface area contributed by atoms with Crippen molar-refractivity contribution in [1.29, 1.82) is 0 Å². The van der Waals surface area contributed by atoms with Gasteiger partial charge in [0.1, 0.15) is 22.6 Å². The zero-order valence-electron chi connectivity index (χ0n) is 11.6. The molecule has 21 heavy (non-hydrogen) atoms. The van der Waals surface area contributed by atoms with Gasteiger partial charge in [-0.3, -0.25) is 4.79 Å². The van der Waals surface area contributed by atoms with Gasteiger partial charge in [-0.2, -0.15) is 8.78 Å². The first kappa shape index (κ1) is 18.3. The van der Waals surface area contributed by atoms with Gasteiger partial charge in [-0.25, -0.2) is 13.8 Å². The average Bonchev–Trinajstić information content (AvgIpc) is 2.31. The van der Waals surface area contributed by atoms with E-state index in [0.717, 1.165) is 0 Å². The molecule has 0 aromatic carbocycles. The molecule has 0 fully saturated rings. The number of halogens is 5. The number of hydrogen-bond donors (Lipinski definition) is 1. The van der Waals surface area contributed by atoms with Crippen LogP contribution in [0.4, 0.5) is 17.6 Å². The molecule has 1 rings (SSSR count). The first-order valence-electron chi connectivity index (χ1n) is 5.98. The minimum absolute atomic E-state index is 0.0235. The number of nitrogens with zero attached hydrogens (tertiary/aromatic N) is 1. The van der Waals surface area contributed by atoms with Crippen molar-refractivity contribution in [3.05, 3.63) is 25.4 Å². The summed E-state index contributed by atoms with van der Waals surface area (Å²) in [6.07, 6.45) is -3.80. The van der Waals surface area contributed by atoms with Crippen LogP contribution >= 0.6 is 22.6 Å². The van der Waals surface area contributed by atoms with Crippen molar-refractivity contribution < 1.29 is 22.3 Å². The van der Waals surface area contributed by atoms with Crippen LogP contribution in [0.5, 0.6) is 0 Å². The number of rotatable bonds is 5. The highest BCUT2D eigenvalue weighted by Crippen LogP contribution is 2.24. The van der Waals surface area contributed by atoms with E-state index in [9.17, 15) is 22.4 Å². The maximum Gasteiger partial charge on any atom is 0.330 e. The molecule has 0 atom stereocenters. The normalized spacial score (nSPS) is 13.0. The second-order valence-electron chi connectivity index (χ2n) is 5.48. The third-order valence-corrected chi connectivity index (χ3v) is 3.48. The lowest BCUT2D eigenvalue weighted by Gasteiger charge is -2.20. The highest BCUT2D eigenvalue weighted by Gasteiger charge is 2.41. The predicted molar refractivity (Wildman–Crippen MR) is 76.9 cm³/mol. The fourth-order valence-electron chi connectivity index (χ4n) is 1.42. The Morgan fingerprint density at radius 3 is 2.38 bits per heavy atom. The van der Waals surface area contributed by atoms with Gasteiger partial charge >= 0.3 is 12.3 Å². The maximum atomic E-state index is 12.7. The standard InChI is InChI=1S/C12H15F4IN2O2/c1-11(2,3)8-7(17)9(20)19-6(18-8)4-21-5-12(15,16)10(13)14/h10H,4-5H2,1-3H3,(H,18,19,20). The summed E-state index contributed by atoms with van der Waals surface area (Å²) in [6.45, 7) is 3.61. The van der Waals surface area contributed by atoms with Gasteiger partial charge in [-0.05, 0) is 22.6 Å². The fourth-order valence-corrected chi connectivity index (χ4v) is 2.48. The van der Waals surface area contributed by atoms with E-state index in [1.807, 2.05) is 43.4 Å². The molecule has 1 aromatic heterocycles. The van der Waals surface area contributed by atoms with Gasteiger partial charge in [0.05, 0.1) is 5.69 Å². The Labute approximate surface area is 132 Å². The number of aromatic amines is 1. The van der Waals surface area contributed by atoms with Crippen molar-refractivity contribution in [2.24, 2.45) is 0 Å². The Balaban J connectivity index is 2.87. The quantitative estimate of drug-likeness (QED) is 0.587. The molecule has 9 heteroatoms. The molecule has 0 bridgehead atoms.